The highest BCUT2D eigenvalue weighted by Crippen LogP contribution is 2.22. The van der Waals surface area contributed by atoms with E-state index in [2.05, 4.69) is 4.98 Å². The number of aromatic amines is 1. The Labute approximate surface area is 92.8 Å². The highest BCUT2D eigenvalue weighted by Gasteiger charge is 2.06. The van der Waals surface area contributed by atoms with Gasteiger partial charge in [-0.3, -0.25) is 4.79 Å². The van der Waals surface area contributed by atoms with Gasteiger partial charge in [0.15, 0.2) is 0 Å². The van der Waals surface area contributed by atoms with Crippen molar-refractivity contribution in [2.45, 2.75) is 13.8 Å². The summed E-state index contributed by atoms with van der Waals surface area (Å²) in [5.74, 6) is -0.272. The summed E-state index contributed by atoms with van der Waals surface area (Å²) in [7, 11) is 0. The normalized spacial score (nSPS) is 10.4. The van der Waals surface area contributed by atoms with Gasteiger partial charge in [-0.05, 0) is 31.5 Å². The Morgan fingerprint density at radius 1 is 1.19 bits per heavy atom. The minimum Gasteiger partial charge on any atom is -0.328 e. The Morgan fingerprint density at radius 3 is 2.56 bits per heavy atom. The second kappa shape index (κ2) is 3.93. The van der Waals surface area contributed by atoms with Gasteiger partial charge in [-0.2, -0.15) is 0 Å². The Balaban J connectivity index is 2.59. The van der Waals surface area contributed by atoms with Gasteiger partial charge in [-0.25, -0.2) is 4.39 Å². The predicted octanol–water partition coefficient (Wildman–Crippen LogP) is 2.80. The zero-order chi connectivity index (χ0) is 11.7. The summed E-state index contributed by atoms with van der Waals surface area (Å²) in [4.78, 5) is 13.8. The number of H-pyrrole nitrogens is 1. The first-order chi connectivity index (χ1) is 7.58. The van der Waals surface area contributed by atoms with Crippen LogP contribution in [-0.2, 0) is 0 Å². The summed E-state index contributed by atoms with van der Waals surface area (Å²) in [5, 5.41) is 0. The second-order valence-electron chi connectivity index (χ2n) is 3.88. The molecule has 2 rings (SSSR count). The van der Waals surface area contributed by atoms with Crippen LogP contribution in [0.2, 0.25) is 0 Å². The third-order valence-corrected chi connectivity index (χ3v) is 2.52. The van der Waals surface area contributed by atoms with Crippen LogP contribution in [0, 0.1) is 19.7 Å². The third-order valence-electron chi connectivity index (χ3n) is 2.52. The Hall–Kier alpha value is -1.90. The number of aryl methyl sites for hydroxylation is 2. The van der Waals surface area contributed by atoms with Gasteiger partial charge in [0.25, 0.3) is 5.56 Å². The Bertz CT molecular complexity index is 587. The molecular formula is C13H12FNO. The number of hydrogen-bond acceptors (Lipinski definition) is 1. The fraction of sp³-hybridized carbons (Fsp3) is 0.154. The zero-order valence-corrected chi connectivity index (χ0v) is 9.17. The minimum absolute atomic E-state index is 0.142. The summed E-state index contributed by atoms with van der Waals surface area (Å²) in [6, 6.07) is 6.74. The lowest BCUT2D eigenvalue weighted by Gasteiger charge is -2.04. The molecule has 0 atom stereocenters. The van der Waals surface area contributed by atoms with Crippen LogP contribution in [0.15, 0.2) is 35.3 Å². The number of nitrogens with one attached hydrogen (secondary N) is 1. The number of hydrogen-bond donors (Lipinski definition) is 1. The molecule has 0 saturated heterocycles. The van der Waals surface area contributed by atoms with E-state index in [-0.39, 0.29) is 11.4 Å². The van der Waals surface area contributed by atoms with Crippen LogP contribution in [-0.4, -0.2) is 4.98 Å². The van der Waals surface area contributed by atoms with Crippen LogP contribution in [0.5, 0.6) is 0 Å². The lowest BCUT2D eigenvalue weighted by molar-refractivity contribution is 0.630. The number of halogens is 1. The number of rotatable bonds is 1. The molecule has 0 radical (unpaired) electrons. The van der Waals surface area contributed by atoms with Crippen molar-refractivity contribution in [3.05, 3.63) is 57.8 Å². The molecule has 0 aliphatic rings. The van der Waals surface area contributed by atoms with E-state index in [0.29, 0.717) is 16.7 Å². The van der Waals surface area contributed by atoms with E-state index < -0.39 is 0 Å². The molecule has 2 aromatic rings. The summed E-state index contributed by atoms with van der Waals surface area (Å²) in [6.45, 7) is 3.54. The van der Waals surface area contributed by atoms with Crippen LogP contribution in [0.1, 0.15) is 11.1 Å². The van der Waals surface area contributed by atoms with Crippen molar-refractivity contribution < 1.29 is 4.39 Å². The molecule has 0 aliphatic carbocycles. The molecule has 0 aliphatic heterocycles. The molecule has 1 aromatic carbocycles. The van der Waals surface area contributed by atoms with Crippen molar-refractivity contribution in [1.29, 1.82) is 0 Å². The summed E-state index contributed by atoms with van der Waals surface area (Å²) < 4.78 is 13.7. The number of benzene rings is 1. The monoisotopic (exact) mass is 217 g/mol. The number of aromatic nitrogens is 1. The largest absolute Gasteiger partial charge is 0.328 e. The smallest absolute Gasteiger partial charge is 0.250 e. The molecule has 0 fully saturated rings. The van der Waals surface area contributed by atoms with Crippen molar-refractivity contribution in [2.75, 3.05) is 0 Å². The fourth-order valence-electron chi connectivity index (χ4n) is 1.61. The Kier molecular flexibility index (Phi) is 2.60. The van der Waals surface area contributed by atoms with Crippen LogP contribution in [0.4, 0.5) is 4.39 Å². The van der Waals surface area contributed by atoms with E-state index in [1.165, 1.54) is 12.3 Å². The van der Waals surface area contributed by atoms with Gasteiger partial charge >= 0.3 is 0 Å². The van der Waals surface area contributed by atoms with Gasteiger partial charge in [0, 0.05) is 22.9 Å². The molecule has 82 valence electrons. The molecule has 0 saturated carbocycles. The first-order valence-electron chi connectivity index (χ1n) is 5.04. The first kappa shape index (κ1) is 10.6. The topological polar surface area (TPSA) is 32.9 Å². The van der Waals surface area contributed by atoms with Crippen molar-refractivity contribution in [3.63, 3.8) is 0 Å². The minimum atomic E-state index is -0.272. The van der Waals surface area contributed by atoms with Crippen LogP contribution < -0.4 is 5.56 Å². The summed E-state index contributed by atoms with van der Waals surface area (Å²) in [6.07, 6.45) is 1.53. The molecule has 1 aromatic heterocycles. The second-order valence-corrected chi connectivity index (χ2v) is 3.88. The maximum Gasteiger partial charge on any atom is 0.250 e. The van der Waals surface area contributed by atoms with E-state index in [1.54, 1.807) is 19.1 Å². The van der Waals surface area contributed by atoms with Gasteiger partial charge in [0.2, 0.25) is 0 Å². The molecular weight excluding hydrogens is 205 g/mol. The van der Waals surface area contributed by atoms with Gasteiger partial charge in [0.1, 0.15) is 5.82 Å². The number of pyridine rings is 1. The van der Waals surface area contributed by atoms with E-state index in [0.717, 1.165) is 5.56 Å². The molecule has 1 heterocycles. The molecule has 16 heavy (non-hydrogen) atoms. The predicted molar refractivity (Wildman–Crippen MR) is 61.9 cm³/mol. The Morgan fingerprint density at radius 2 is 1.94 bits per heavy atom. The van der Waals surface area contributed by atoms with Crippen molar-refractivity contribution >= 4 is 0 Å². The molecule has 1 N–H and O–H groups in total. The lowest BCUT2D eigenvalue weighted by atomic mass is 10.0. The highest BCUT2D eigenvalue weighted by molar-refractivity contribution is 5.64. The molecule has 0 bridgehead atoms. The maximum absolute atomic E-state index is 13.7. The van der Waals surface area contributed by atoms with E-state index in [4.69, 9.17) is 0 Å². The summed E-state index contributed by atoms with van der Waals surface area (Å²) >= 11 is 0. The maximum atomic E-state index is 13.7. The van der Waals surface area contributed by atoms with E-state index in [1.807, 2.05) is 13.0 Å². The average Bonchev–Trinajstić information content (AvgIpc) is 2.22. The van der Waals surface area contributed by atoms with E-state index in [9.17, 15) is 9.18 Å². The first-order valence-corrected chi connectivity index (χ1v) is 5.04. The van der Waals surface area contributed by atoms with Gasteiger partial charge in [-0.15, -0.1) is 0 Å². The van der Waals surface area contributed by atoms with Crippen LogP contribution >= 0.6 is 0 Å². The van der Waals surface area contributed by atoms with Crippen LogP contribution in [0.3, 0.4) is 0 Å². The van der Waals surface area contributed by atoms with Crippen molar-refractivity contribution in [3.8, 4) is 11.1 Å². The van der Waals surface area contributed by atoms with Crippen LogP contribution in [0.25, 0.3) is 11.1 Å². The van der Waals surface area contributed by atoms with Crippen molar-refractivity contribution in [2.24, 2.45) is 0 Å². The SMILES string of the molecule is Cc1ccc(-c2c[nH]c(=O)c(C)c2)c(F)c1. The van der Waals surface area contributed by atoms with Gasteiger partial charge in [-0.1, -0.05) is 12.1 Å². The fourth-order valence-corrected chi connectivity index (χ4v) is 1.61. The zero-order valence-electron chi connectivity index (χ0n) is 9.17. The molecule has 3 heteroatoms. The highest BCUT2D eigenvalue weighted by atomic mass is 19.1. The average molecular weight is 217 g/mol. The molecule has 2 nitrogen and oxygen atoms in total. The summed E-state index contributed by atoms with van der Waals surface area (Å²) in [5.41, 5.74) is 2.51. The third kappa shape index (κ3) is 1.89. The van der Waals surface area contributed by atoms with E-state index >= 15 is 0 Å². The van der Waals surface area contributed by atoms with Gasteiger partial charge < -0.3 is 4.98 Å². The quantitative estimate of drug-likeness (QED) is 0.782. The molecule has 0 amide bonds. The standard InChI is InChI=1S/C13H12FNO/c1-8-3-4-11(12(14)5-8)10-6-9(2)13(16)15-7-10/h3-7H,1-2H3,(H,15,16). The van der Waals surface area contributed by atoms with Crippen molar-refractivity contribution in [1.82, 2.24) is 4.98 Å². The molecule has 0 unspecified atom stereocenters. The van der Waals surface area contributed by atoms with Gasteiger partial charge in [0.05, 0.1) is 0 Å². The lowest BCUT2D eigenvalue weighted by Crippen LogP contribution is -2.08. The molecule has 0 spiro atoms.